The van der Waals surface area contributed by atoms with Gasteiger partial charge in [-0.05, 0) is 32.1 Å². The molecule has 0 unspecified atom stereocenters. The molecule has 0 fully saturated rings. The largest absolute Gasteiger partial charge is 0.0885 e. The molecule has 0 nitrogen and oxygen atoms in total. The highest BCUT2D eigenvalue weighted by molar-refractivity contribution is 4.96. The maximum absolute atomic E-state index is 2.31. The molecule has 0 aromatic heterocycles. The maximum Gasteiger partial charge on any atom is -0.0169 e. The first-order valence-corrected chi connectivity index (χ1v) is 6.36. The molecule has 0 aromatic rings. The van der Waals surface area contributed by atoms with Crippen molar-refractivity contribution in [2.24, 2.45) is 0 Å². The molecular formula is C15H26. The van der Waals surface area contributed by atoms with Gasteiger partial charge in [0.2, 0.25) is 0 Å². The summed E-state index contributed by atoms with van der Waals surface area (Å²) in [5.41, 5.74) is 0. The van der Waals surface area contributed by atoms with Crippen LogP contribution < -0.4 is 0 Å². The van der Waals surface area contributed by atoms with E-state index in [0.717, 1.165) is 19.3 Å². The molecule has 0 aliphatic heterocycles. The van der Waals surface area contributed by atoms with Gasteiger partial charge in [-0.1, -0.05) is 63.1 Å². The summed E-state index contributed by atoms with van der Waals surface area (Å²) in [6.07, 6.45) is 22.1. The summed E-state index contributed by atoms with van der Waals surface area (Å²) in [5, 5.41) is 0. The van der Waals surface area contributed by atoms with Crippen molar-refractivity contribution < 1.29 is 0 Å². The molecule has 0 radical (unpaired) electrons. The molecule has 0 aromatic carbocycles. The fourth-order valence-electron chi connectivity index (χ4n) is 1.34. The van der Waals surface area contributed by atoms with Crippen LogP contribution in [0.25, 0.3) is 0 Å². The second-order valence-electron chi connectivity index (χ2n) is 3.79. The molecule has 0 atom stereocenters. The zero-order chi connectivity index (χ0) is 11.2. The van der Waals surface area contributed by atoms with Gasteiger partial charge >= 0.3 is 0 Å². The van der Waals surface area contributed by atoms with Gasteiger partial charge in [-0.15, -0.1) is 0 Å². The quantitative estimate of drug-likeness (QED) is 0.349. The topological polar surface area (TPSA) is 0 Å². The van der Waals surface area contributed by atoms with Gasteiger partial charge in [0.15, 0.2) is 0 Å². The van der Waals surface area contributed by atoms with E-state index in [1.165, 1.54) is 25.7 Å². The van der Waals surface area contributed by atoms with Gasteiger partial charge in [-0.3, -0.25) is 0 Å². The SMILES string of the molecule is CCC=CCC=CCC=CCCCCC. The Hall–Kier alpha value is -0.780. The Kier molecular flexibility index (Phi) is 12.5. The number of hydrogen-bond acceptors (Lipinski definition) is 0. The van der Waals surface area contributed by atoms with E-state index in [2.05, 4.69) is 50.3 Å². The van der Waals surface area contributed by atoms with Crippen LogP contribution in [0.5, 0.6) is 0 Å². The highest BCUT2D eigenvalue weighted by Gasteiger charge is 1.80. The first-order chi connectivity index (χ1) is 7.41. The summed E-state index contributed by atoms with van der Waals surface area (Å²) in [6, 6.07) is 0. The van der Waals surface area contributed by atoms with E-state index in [9.17, 15) is 0 Å². The van der Waals surface area contributed by atoms with Crippen LogP contribution in [0.15, 0.2) is 36.5 Å². The van der Waals surface area contributed by atoms with Crippen LogP contribution in [0.2, 0.25) is 0 Å². The highest BCUT2D eigenvalue weighted by Crippen LogP contribution is 2.00. The minimum Gasteiger partial charge on any atom is -0.0885 e. The predicted molar refractivity (Wildman–Crippen MR) is 71.1 cm³/mol. The van der Waals surface area contributed by atoms with E-state index in [0.29, 0.717) is 0 Å². The summed E-state index contributed by atoms with van der Waals surface area (Å²) >= 11 is 0. The zero-order valence-electron chi connectivity index (χ0n) is 10.4. The van der Waals surface area contributed by atoms with E-state index < -0.39 is 0 Å². The standard InChI is InChI=1S/C15H26/c1-3-5-7-9-11-13-15-14-12-10-8-6-4-2/h5,7,11-14H,3-4,6,8-10,15H2,1-2H3. The Labute approximate surface area is 95.8 Å². The van der Waals surface area contributed by atoms with Crippen molar-refractivity contribution in [3.8, 4) is 0 Å². The molecule has 0 aliphatic carbocycles. The molecule has 0 spiro atoms. The Morgan fingerprint density at radius 1 is 0.667 bits per heavy atom. The van der Waals surface area contributed by atoms with Crippen molar-refractivity contribution in [1.82, 2.24) is 0 Å². The molecule has 0 saturated carbocycles. The lowest BCUT2D eigenvalue weighted by Crippen LogP contribution is -1.70. The molecule has 0 heteroatoms. The second kappa shape index (κ2) is 13.2. The summed E-state index contributed by atoms with van der Waals surface area (Å²) in [4.78, 5) is 0. The lowest BCUT2D eigenvalue weighted by Gasteiger charge is -1.90. The van der Waals surface area contributed by atoms with Crippen LogP contribution in [-0.4, -0.2) is 0 Å². The molecule has 0 heterocycles. The van der Waals surface area contributed by atoms with Crippen LogP contribution in [0, 0.1) is 0 Å². The van der Waals surface area contributed by atoms with Crippen LogP contribution >= 0.6 is 0 Å². The predicted octanol–water partition coefficient (Wildman–Crippen LogP) is 5.43. The Morgan fingerprint density at radius 2 is 1.27 bits per heavy atom. The molecule has 0 amide bonds. The molecule has 15 heavy (non-hydrogen) atoms. The van der Waals surface area contributed by atoms with Gasteiger partial charge in [0, 0.05) is 0 Å². The van der Waals surface area contributed by atoms with Gasteiger partial charge in [0.05, 0.1) is 0 Å². The average molecular weight is 206 g/mol. The molecule has 0 bridgehead atoms. The summed E-state index contributed by atoms with van der Waals surface area (Å²) in [7, 11) is 0. The van der Waals surface area contributed by atoms with Crippen molar-refractivity contribution in [3.05, 3.63) is 36.5 Å². The van der Waals surface area contributed by atoms with Crippen LogP contribution in [0.4, 0.5) is 0 Å². The summed E-state index contributed by atoms with van der Waals surface area (Å²) < 4.78 is 0. The third kappa shape index (κ3) is 13.2. The number of unbranched alkanes of at least 4 members (excludes halogenated alkanes) is 3. The van der Waals surface area contributed by atoms with Gasteiger partial charge in [0.25, 0.3) is 0 Å². The number of allylic oxidation sites excluding steroid dienone is 6. The molecule has 0 aliphatic rings. The van der Waals surface area contributed by atoms with Crippen molar-refractivity contribution in [2.45, 2.75) is 58.8 Å². The van der Waals surface area contributed by atoms with Gasteiger partial charge in [0.1, 0.15) is 0 Å². The maximum atomic E-state index is 2.31. The highest BCUT2D eigenvalue weighted by atomic mass is 13.9. The monoisotopic (exact) mass is 206 g/mol. The van der Waals surface area contributed by atoms with Crippen molar-refractivity contribution in [1.29, 1.82) is 0 Å². The van der Waals surface area contributed by atoms with E-state index >= 15 is 0 Å². The molecule has 0 N–H and O–H groups in total. The average Bonchev–Trinajstić information content (AvgIpc) is 2.26. The van der Waals surface area contributed by atoms with Crippen LogP contribution in [0.1, 0.15) is 58.8 Å². The second-order valence-corrected chi connectivity index (χ2v) is 3.79. The third-order valence-electron chi connectivity index (χ3n) is 2.25. The lowest BCUT2D eigenvalue weighted by molar-refractivity contribution is 0.728. The molecule has 0 rings (SSSR count). The van der Waals surface area contributed by atoms with Crippen LogP contribution in [0.3, 0.4) is 0 Å². The fraction of sp³-hybridized carbons (Fsp3) is 0.600. The molecular weight excluding hydrogens is 180 g/mol. The van der Waals surface area contributed by atoms with E-state index in [4.69, 9.17) is 0 Å². The minimum absolute atomic E-state index is 1.08. The lowest BCUT2D eigenvalue weighted by atomic mass is 10.2. The number of rotatable bonds is 9. The van der Waals surface area contributed by atoms with Gasteiger partial charge < -0.3 is 0 Å². The first-order valence-electron chi connectivity index (χ1n) is 6.36. The minimum atomic E-state index is 1.08. The molecule has 0 saturated heterocycles. The van der Waals surface area contributed by atoms with Crippen LogP contribution in [-0.2, 0) is 0 Å². The van der Waals surface area contributed by atoms with E-state index in [1.54, 1.807) is 0 Å². The molecule has 86 valence electrons. The van der Waals surface area contributed by atoms with E-state index in [-0.39, 0.29) is 0 Å². The van der Waals surface area contributed by atoms with Gasteiger partial charge in [-0.2, -0.15) is 0 Å². The Morgan fingerprint density at radius 3 is 1.87 bits per heavy atom. The zero-order valence-corrected chi connectivity index (χ0v) is 10.4. The Balaban J connectivity index is 3.24. The first kappa shape index (κ1) is 14.2. The third-order valence-corrected chi connectivity index (χ3v) is 2.25. The van der Waals surface area contributed by atoms with Crippen molar-refractivity contribution >= 4 is 0 Å². The Bertz CT molecular complexity index is 184. The normalized spacial score (nSPS) is 12.4. The van der Waals surface area contributed by atoms with Gasteiger partial charge in [-0.25, -0.2) is 0 Å². The number of hydrogen-bond donors (Lipinski definition) is 0. The smallest absolute Gasteiger partial charge is 0.0169 e. The fourth-order valence-corrected chi connectivity index (χ4v) is 1.34. The van der Waals surface area contributed by atoms with Crippen molar-refractivity contribution in [2.75, 3.05) is 0 Å². The van der Waals surface area contributed by atoms with Crippen molar-refractivity contribution in [3.63, 3.8) is 0 Å². The summed E-state index contributed by atoms with van der Waals surface area (Å²) in [6.45, 7) is 4.41. The van der Waals surface area contributed by atoms with E-state index in [1.807, 2.05) is 0 Å². The summed E-state index contributed by atoms with van der Waals surface area (Å²) in [5.74, 6) is 0.